The minimum absolute atomic E-state index is 0.0154. The van der Waals surface area contributed by atoms with Crippen LogP contribution in [0, 0.1) is 0 Å². The zero-order valence-electron chi connectivity index (χ0n) is 13.7. The summed E-state index contributed by atoms with van der Waals surface area (Å²) in [4.78, 5) is 27.0. The normalized spacial score (nSPS) is 18.0. The Morgan fingerprint density at radius 1 is 1.04 bits per heavy atom. The van der Waals surface area contributed by atoms with E-state index in [1.54, 1.807) is 11.8 Å². The van der Waals surface area contributed by atoms with Gasteiger partial charge in [-0.25, -0.2) is 0 Å². The Morgan fingerprint density at radius 3 is 2.17 bits per heavy atom. The Balaban J connectivity index is 2.17. The molecule has 0 bridgehead atoms. The van der Waals surface area contributed by atoms with E-state index in [0.717, 1.165) is 21.9 Å². The number of Topliss-reactive ketones (excluding diaryl/α,β-unsaturated/α-hetero) is 1. The molecule has 1 aliphatic rings. The van der Waals surface area contributed by atoms with Crippen LogP contribution in [0.2, 0.25) is 0 Å². The number of thioether (sulfide) groups is 1. The zero-order chi connectivity index (χ0) is 17.1. The summed E-state index contributed by atoms with van der Waals surface area (Å²) in [6.07, 6.45) is 2.22. The average molecular weight is 337 g/mol. The predicted molar refractivity (Wildman–Crippen MR) is 99.0 cm³/mol. The number of para-hydroxylation sites is 1. The van der Waals surface area contributed by atoms with Gasteiger partial charge in [-0.2, -0.15) is 0 Å². The van der Waals surface area contributed by atoms with Crippen LogP contribution in [-0.2, 0) is 9.59 Å². The fraction of sp³-hybridized carbons (Fsp3) is 0.200. The summed E-state index contributed by atoms with van der Waals surface area (Å²) in [5, 5.41) is 0.735. The SMILES string of the molecule is CSC1=C(C(C)=O)C(c2ccccc2)CC(=O)N1c1ccccc1. The van der Waals surface area contributed by atoms with Gasteiger partial charge in [-0.15, -0.1) is 11.8 Å². The lowest BCUT2D eigenvalue weighted by Crippen LogP contribution is -2.37. The van der Waals surface area contributed by atoms with Gasteiger partial charge in [0.1, 0.15) is 0 Å². The molecule has 0 radical (unpaired) electrons. The first kappa shape index (κ1) is 16.5. The van der Waals surface area contributed by atoms with Gasteiger partial charge < -0.3 is 0 Å². The fourth-order valence-corrected chi connectivity index (χ4v) is 4.05. The molecule has 2 aromatic carbocycles. The van der Waals surface area contributed by atoms with Crippen molar-refractivity contribution in [2.45, 2.75) is 19.3 Å². The summed E-state index contributed by atoms with van der Waals surface area (Å²) in [7, 11) is 0. The molecule has 122 valence electrons. The summed E-state index contributed by atoms with van der Waals surface area (Å²) in [6.45, 7) is 1.58. The maximum atomic E-state index is 12.9. The molecule has 1 unspecified atom stereocenters. The highest BCUT2D eigenvalue weighted by Crippen LogP contribution is 2.42. The number of nitrogens with zero attached hydrogens (tertiary/aromatic N) is 1. The zero-order valence-corrected chi connectivity index (χ0v) is 14.5. The quantitative estimate of drug-likeness (QED) is 0.831. The molecule has 1 aliphatic heterocycles. The summed E-state index contributed by atoms with van der Waals surface area (Å²) < 4.78 is 0. The van der Waals surface area contributed by atoms with Crippen molar-refractivity contribution in [2.75, 3.05) is 11.2 Å². The minimum atomic E-state index is -0.182. The van der Waals surface area contributed by atoms with Gasteiger partial charge in [0.25, 0.3) is 0 Å². The lowest BCUT2D eigenvalue weighted by atomic mass is 9.84. The molecule has 2 aromatic rings. The van der Waals surface area contributed by atoms with Gasteiger partial charge in [-0.1, -0.05) is 48.5 Å². The summed E-state index contributed by atoms with van der Waals surface area (Å²) in [5.74, 6) is -0.148. The van der Waals surface area contributed by atoms with E-state index in [1.807, 2.05) is 66.9 Å². The van der Waals surface area contributed by atoms with E-state index in [0.29, 0.717) is 6.42 Å². The Bertz CT molecular complexity index is 784. The highest BCUT2D eigenvalue weighted by molar-refractivity contribution is 8.02. The molecule has 3 nitrogen and oxygen atoms in total. The lowest BCUT2D eigenvalue weighted by Gasteiger charge is -2.35. The van der Waals surface area contributed by atoms with Crippen LogP contribution in [0.3, 0.4) is 0 Å². The van der Waals surface area contributed by atoms with Crippen LogP contribution in [0.25, 0.3) is 0 Å². The molecule has 0 saturated heterocycles. The van der Waals surface area contributed by atoms with Gasteiger partial charge in [0, 0.05) is 23.6 Å². The van der Waals surface area contributed by atoms with E-state index in [9.17, 15) is 9.59 Å². The van der Waals surface area contributed by atoms with E-state index >= 15 is 0 Å². The number of ketones is 1. The highest BCUT2D eigenvalue weighted by Gasteiger charge is 2.36. The average Bonchev–Trinajstić information content (AvgIpc) is 2.61. The monoisotopic (exact) mass is 337 g/mol. The fourth-order valence-electron chi connectivity index (χ4n) is 3.16. The van der Waals surface area contributed by atoms with Gasteiger partial charge >= 0.3 is 0 Å². The van der Waals surface area contributed by atoms with Gasteiger partial charge in [0.15, 0.2) is 5.78 Å². The van der Waals surface area contributed by atoms with Crippen molar-refractivity contribution >= 4 is 29.1 Å². The van der Waals surface area contributed by atoms with Crippen molar-refractivity contribution in [3.05, 3.63) is 76.8 Å². The number of hydrogen-bond donors (Lipinski definition) is 0. The summed E-state index contributed by atoms with van der Waals surface area (Å²) >= 11 is 1.45. The van der Waals surface area contributed by atoms with Crippen LogP contribution in [-0.4, -0.2) is 17.9 Å². The molecular weight excluding hydrogens is 318 g/mol. The molecule has 1 heterocycles. The standard InChI is InChI=1S/C20H19NO2S/c1-14(22)19-17(15-9-5-3-6-10-15)13-18(23)21(20(19)24-2)16-11-7-4-8-12-16/h3-12,17H,13H2,1-2H3. The lowest BCUT2D eigenvalue weighted by molar-refractivity contribution is -0.119. The van der Waals surface area contributed by atoms with Crippen LogP contribution in [0.15, 0.2) is 71.3 Å². The second-order valence-corrected chi connectivity index (χ2v) is 6.51. The second-order valence-electron chi connectivity index (χ2n) is 5.71. The number of carbonyl (C=O) groups excluding carboxylic acids is 2. The Hall–Kier alpha value is -2.33. The maximum absolute atomic E-state index is 12.9. The van der Waals surface area contributed by atoms with E-state index in [-0.39, 0.29) is 17.6 Å². The van der Waals surface area contributed by atoms with Gasteiger partial charge in [-0.3, -0.25) is 14.5 Å². The number of amides is 1. The molecule has 1 amide bonds. The first-order valence-corrected chi connectivity index (χ1v) is 9.08. The Labute approximate surface area is 146 Å². The van der Waals surface area contributed by atoms with Crippen LogP contribution < -0.4 is 4.90 Å². The predicted octanol–water partition coefficient (Wildman–Crippen LogP) is 4.37. The summed E-state index contributed by atoms with van der Waals surface area (Å²) in [5.41, 5.74) is 2.53. The number of anilines is 1. The first-order valence-electron chi connectivity index (χ1n) is 7.85. The number of carbonyl (C=O) groups is 2. The number of benzene rings is 2. The third-order valence-electron chi connectivity index (χ3n) is 4.20. The molecule has 0 N–H and O–H groups in total. The van der Waals surface area contributed by atoms with Crippen molar-refractivity contribution in [1.82, 2.24) is 0 Å². The molecule has 0 aliphatic carbocycles. The molecule has 0 fully saturated rings. The third kappa shape index (κ3) is 3.02. The largest absolute Gasteiger partial charge is 0.295 e. The molecule has 3 rings (SSSR count). The number of hydrogen-bond acceptors (Lipinski definition) is 3. The molecule has 1 atom stereocenters. The minimum Gasteiger partial charge on any atom is -0.295 e. The van der Waals surface area contributed by atoms with Crippen molar-refractivity contribution in [1.29, 1.82) is 0 Å². The van der Waals surface area contributed by atoms with E-state index in [2.05, 4.69) is 0 Å². The smallest absolute Gasteiger partial charge is 0.232 e. The third-order valence-corrected chi connectivity index (χ3v) is 4.99. The van der Waals surface area contributed by atoms with Crippen molar-refractivity contribution in [3.63, 3.8) is 0 Å². The van der Waals surface area contributed by atoms with Crippen LogP contribution >= 0.6 is 11.8 Å². The van der Waals surface area contributed by atoms with E-state index < -0.39 is 0 Å². The van der Waals surface area contributed by atoms with Crippen molar-refractivity contribution in [3.8, 4) is 0 Å². The molecule has 0 saturated carbocycles. The van der Waals surface area contributed by atoms with Gasteiger partial charge in [0.2, 0.25) is 5.91 Å². The second kappa shape index (κ2) is 7.05. The van der Waals surface area contributed by atoms with Crippen LogP contribution in [0.5, 0.6) is 0 Å². The Kier molecular flexibility index (Phi) is 4.86. The molecule has 24 heavy (non-hydrogen) atoms. The highest BCUT2D eigenvalue weighted by atomic mass is 32.2. The molecule has 0 aromatic heterocycles. The van der Waals surface area contributed by atoms with Gasteiger partial charge in [-0.05, 0) is 30.9 Å². The molecule has 0 spiro atoms. The Morgan fingerprint density at radius 2 is 1.62 bits per heavy atom. The van der Waals surface area contributed by atoms with E-state index in [1.165, 1.54) is 11.8 Å². The molecule has 4 heteroatoms. The number of allylic oxidation sites excluding steroid dienone is 1. The van der Waals surface area contributed by atoms with Crippen LogP contribution in [0.1, 0.15) is 24.8 Å². The van der Waals surface area contributed by atoms with Crippen molar-refractivity contribution in [2.24, 2.45) is 0 Å². The van der Waals surface area contributed by atoms with Crippen molar-refractivity contribution < 1.29 is 9.59 Å². The summed E-state index contributed by atoms with van der Waals surface area (Å²) in [6, 6.07) is 19.3. The van der Waals surface area contributed by atoms with Crippen LogP contribution in [0.4, 0.5) is 5.69 Å². The maximum Gasteiger partial charge on any atom is 0.232 e. The number of rotatable bonds is 4. The van der Waals surface area contributed by atoms with E-state index in [4.69, 9.17) is 0 Å². The topological polar surface area (TPSA) is 37.4 Å². The van der Waals surface area contributed by atoms with Gasteiger partial charge in [0.05, 0.1) is 5.03 Å². The molecular formula is C20H19NO2S. The first-order chi connectivity index (χ1) is 11.6.